The summed E-state index contributed by atoms with van der Waals surface area (Å²) >= 11 is 7.49. The lowest BCUT2D eigenvalue weighted by Crippen LogP contribution is -3.20. The molecule has 5 heteroatoms. The van der Waals surface area contributed by atoms with Crippen LogP contribution in [0.1, 0.15) is 42.5 Å². The zero-order valence-electron chi connectivity index (χ0n) is 15.3. The number of thiocarbonyl (C=S) groups is 1. The van der Waals surface area contributed by atoms with Gasteiger partial charge in [0.15, 0.2) is 5.11 Å². The number of piperidine rings is 2. The van der Waals surface area contributed by atoms with E-state index in [9.17, 15) is 0 Å². The molecule has 0 spiro atoms. The first-order valence-electron chi connectivity index (χ1n) is 9.69. The molecular weight excluding hydrogens is 358 g/mol. The van der Waals surface area contributed by atoms with Crippen molar-refractivity contribution in [2.45, 2.75) is 63.7 Å². The highest BCUT2D eigenvalue weighted by Gasteiger charge is 2.41. The molecule has 4 atom stereocenters. The molecule has 0 amide bonds. The molecular formula is C21H28N3S2+. The Balaban J connectivity index is 1.35. The Morgan fingerprint density at radius 3 is 2.69 bits per heavy atom. The maximum absolute atomic E-state index is 5.59. The smallest absolute Gasteiger partial charge is 0.171 e. The third-order valence-corrected chi connectivity index (χ3v) is 6.96. The van der Waals surface area contributed by atoms with Gasteiger partial charge in [-0.25, -0.2) is 0 Å². The topological polar surface area (TPSA) is 28.5 Å². The van der Waals surface area contributed by atoms with Gasteiger partial charge in [-0.05, 0) is 67.5 Å². The first-order valence-corrected chi connectivity index (χ1v) is 11.0. The molecule has 2 saturated heterocycles. The molecule has 2 bridgehead atoms. The van der Waals surface area contributed by atoms with Gasteiger partial charge >= 0.3 is 0 Å². The van der Waals surface area contributed by atoms with Crippen LogP contribution in [0.4, 0.5) is 5.69 Å². The monoisotopic (exact) mass is 386 g/mol. The highest BCUT2D eigenvalue weighted by atomic mass is 32.1. The summed E-state index contributed by atoms with van der Waals surface area (Å²) in [5.74, 6) is 0. The normalized spacial score (nSPS) is 27.7. The summed E-state index contributed by atoms with van der Waals surface area (Å²) in [6.07, 6.45) is 6.56. The van der Waals surface area contributed by atoms with Crippen LogP contribution in [0.5, 0.6) is 0 Å². The quantitative estimate of drug-likeness (QED) is 0.702. The molecule has 2 unspecified atom stereocenters. The fraction of sp³-hybridized carbons (Fsp3) is 0.476. The van der Waals surface area contributed by atoms with Crippen LogP contribution in [-0.2, 0) is 6.54 Å². The van der Waals surface area contributed by atoms with E-state index in [-0.39, 0.29) is 0 Å². The van der Waals surface area contributed by atoms with E-state index in [1.807, 2.05) is 16.2 Å². The van der Waals surface area contributed by atoms with Crippen molar-refractivity contribution >= 4 is 34.4 Å². The molecule has 2 fully saturated rings. The summed E-state index contributed by atoms with van der Waals surface area (Å²) in [4.78, 5) is 3.34. The number of quaternary nitrogens is 1. The van der Waals surface area contributed by atoms with Crippen LogP contribution in [0.3, 0.4) is 0 Å². The first-order chi connectivity index (χ1) is 12.7. The number of rotatable bonds is 4. The van der Waals surface area contributed by atoms with Gasteiger partial charge < -0.3 is 15.5 Å². The summed E-state index contributed by atoms with van der Waals surface area (Å²) in [5, 5.41) is 9.93. The molecule has 1 aromatic carbocycles. The number of hydrogen-bond donors (Lipinski definition) is 3. The highest BCUT2D eigenvalue weighted by Crippen LogP contribution is 2.23. The predicted octanol–water partition coefficient (Wildman–Crippen LogP) is 3.51. The van der Waals surface area contributed by atoms with E-state index < -0.39 is 0 Å². The molecule has 0 saturated carbocycles. The van der Waals surface area contributed by atoms with Crippen molar-refractivity contribution in [1.29, 1.82) is 0 Å². The fourth-order valence-corrected chi connectivity index (χ4v) is 5.76. The SMILES string of the molecule is Cc1cccc(NC(=S)NC2C[C@H]3CCC[C@@H](C2)[NH+]3Cc2cccs2)c1. The van der Waals surface area contributed by atoms with Crippen LogP contribution in [-0.4, -0.2) is 23.2 Å². The molecule has 26 heavy (non-hydrogen) atoms. The minimum atomic E-state index is 0.502. The molecule has 3 nitrogen and oxygen atoms in total. The molecule has 0 radical (unpaired) electrons. The summed E-state index contributed by atoms with van der Waals surface area (Å²) < 4.78 is 0. The fourth-order valence-electron chi connectivity index (χ4n) is 4.73. The lowest BCUT2D eigenvalue weighted by molar-refractivity contribution is -0.973. The van der Waals surface area contributed by atoms with E-state index >= 15 is 0 Å². The third kappa shape index (κ3) is 4.27. The third-order valence-electron chi connectivity index (χ3n) is 5.86. The Labute approximate surface area is 165 Å². The van der Waals surface area contributed by atoms with Crippen LogP contribution < -0.4 is 15.5 Å². The Hall–Kier alpha value is -1.43. The average molecular weight is 387 g/mol. The van der Waals surface area contributed by atoms with Crippen molar-refractivity contribution in [3.63, 3.8) is 0 Å². The predicted molar refractivity (Wildman–Crippen MR) is 114 cm³/mol. The zero-order chi connectivity index (χ0) is 17.9. The molecule has 3 N–H and O–H groups in total. The largest absolute Gasteiger partial charge is 0.359 e. The Morgan fingerprint density at radius 1 is 1.19 bits per heavy atom. The van der Waals surface area contributed by atoms with Crippen molar-refractivity contribution in [3.8, 4) is 0 Å². The summed E-state index contributed by atoms with van der Waals surface area (Å²) in [6, 6.07) is 14.9. The van der Waals surface area contributed by atoms with E-state index in [1.54, 1.807) is 0 Å². The van der Waals surface area contributed by atoms with Gasteiger partial charge in [-0.2, -0.15) is 0 Å². The molecule has 1 aromatic heterocycles. The number of nitrogens with one attached hydrogen (secondary N) is 3. The summed E-state index contributed by atoms with van der Waals surface area (Å²) in [6.45, 7) is 3.31. The highest BCUT2D eigenvalue weighted by molar-refractivity contribution is 7.80. The van der Waals surface area contributed by atoms with Crippen LogP contribution in [0, 0.1) is 6.92 Å². The molecule has 4 rings (SSSR count). The van der Waals surface area contributed by atoms with E-state index in [0.717, 1.165) is 22.9 Å². The van der Waals surface area contributed by atoms with Crippen molar-refractivity contribution in [1.82, 2.24) is 5.32 Å². The maximum Gasteiger partial charge on any atom is 0.171 e. The number of thiophene rings is 1. The number of fused-ring (bicyclic) bond motifs is 2. The van der Waals surface area contributed by atoms with Crippen LogP contribution in [0.25, 0.3) is 0 Å². The van der Waals surface area contributed by atoms with E-state index in [1.165, 1.54) is 49.1 Å². The van der Waals surface area contributed by atoms with Gasteiger partial charge in [-0.15, -0.1) is 11.3 Å². The van der Waals surface area contributed by atoms with Crippen molar-refractivity contribution < 1.29 is 4.90 Å². The van der Waals surface area contributed by atoms with E-state index in [2.05, 4.69) is 59.3 Å². The maximum atomic E-state index is 5.59. The van der Waals surface area contributed by atoms with Gasteiger partial charge in [0.25, 0.3) is 0 Å². The van der Waals surface area contributed by atoms with Gasteiger partial charge in [-0.3, -0.25) is 0 Å². The van der Waals surface area contributed by atoms with Crippen LogP contribution in [0.15, 0.2) is 41.8 Å². The second-order valence-electron chi connectivity index (χ2n) is 7.79. The van der Waals surface area contributed by atoms with Crippen molar-refractivity contribution in [2.24, 2.45) is 0 Å². The Bertz CT molecular complexity index is 729. The van der Waals surface area contributed by atoms with Gasteiger partial charge in [0.05, 0.1) is 17.0 Å². The molecule has 3 heterocycles. The standard InChI is InChI=1S/C21H27N3S2/c1-15-5-2-6-16(11-15)22-21(25)23-17-12-18-7-3-8-19(13-17)24(18)14-20-9-4-10-26-20/h2,4-6,9-11,17-19H,3,7-8,12-14H2,1H3,(H2,22,23,25)/p+1/t17?,18-,19+. The lowest BCUT2D eigenvalue weighted by Gasteiger charge is -2.46. The minimum absolute atomic E-state index is 0.502. The van der Waals surface area contributed by atoms with Gasteiger partial charge in [-0.1, -0.05) is 18.2 Å². The minimum Gasteiger partial charge on any atom is -0.359 e. The van der Waals surface area contributed by atoms with Crippen molar-refractivity contribution in [3.05, 3.63) is 52.2 Å². The number of aryl methyl sites for hydroxylation is 1. The molecule has 0 aliphatic carbocycles. The zero-order valence-corrected chi connectivity index (χ0v) is 17.0. The molecule has 2 aliphatic rings. The summed E-state index contributed by atoms with van der Waals surface area (Å²) in [7, 11) is 0. The summed E-state index contributed by atoms with van der Waals surface area (Å²) in [5.41, 5.74) is 2.32. The number of hydrogen-bond acceptors (Lipinski definition) is 2. The van der Waals surface area contributed by atoms with E-state index in [0.29, 0.717) is 6.04 Å². The van der Waals surface area contributed by atoms with Gasteiger partial charge in [0.1, 0.15) is 6.54 Å². The molecule has 138 valence electrons. The Kier molecular flexibility index (Phi) is 5.57. The van der Waals surface area contributed by atoms with E-state index in [4.69, 9.17) is 12.2 Å². The van der Waals surface area contributed by atoms with Crippen molar-refractivity contribution in [2.75, 3.05) is 5.32 Å². The van der Waals surface area contributed by atoms with Crippen LogP contribution >= 0.6 is 23.6 Å². The van der Waals surface area contributed by atoms with Gasteiger partial charge in [0.2, 0.25) is 0 Å². The second-order valence-corrected chi connectivity index (χ2v) is 9.23. The Morgan fingerprint density at radius 2 is 2.00 bits per heavy atom. The first kappa shape index (κ1) is 18.0. The second kappa shape index (κ2) is 8.07. The van der Waals surface area contributed by atoms with Gasteiger partial charge in [0, 0.05) is 24.6 Å². The number of benzene rings is 1. The molecule has 2 aromatic rings. The number of anilines is 1. The van der Waals surface area contributed by atoms with Crippen LogP contribution in [0.2, 0.25) is 0 Å². The average Bonchev–Trinajstić information content (AvgIpc) is 3.08. The lowest BCUT2D eigenvalue weighted by atomic mass is 9.81. The molecule has 2 aliphatic heterocycles.